The highest BCUT2D eigenvalue weighted by molar-refractivity contribution is 9.10. The molecule has 0 saturated carbocycles. The van der Waals surface area contributed by atoms with E-state index >= 15 is 0 Å². The molecule has 1 atom stereocenters. The molecule has 0 radical (unpaired) electrons. The van der Waals surface area contributed by atoms with Gasteiger partial charge in [-0.3, -0.25) is 0 Å². The predicted molar refractivity (Wildman–Crippen MR) is 57.2 cm³/mol. The zero-order valence-corrected chi connectivity index (χ0v) is 9.20. The molecule has 4 N–H and O–H groups in total. The van der Waals surface area contributed by atoms with Crippen LogP contribution in [0.5, 0.6) is 0 Å². The highest BCUT2D eigenvalue weighted by atomic mass is 79.9. The fraction of sp³-hybridized carbons (Fsp3) is 0.500. The van der Waals surface area contributed by atoms with Gasteiger partial charge >= 0.3 is 0 Å². The van der Waals surface area contributed by atoms with Crippen molar-refractivity contribution in [2.75, 3.05) is 6.54 Å². The Balaban J connectivity index is 2.47. The Bertz CT molecular complexity index is 237. The molecular weight excluding hydrogens is 236 g/mol. The van der Waals surface area contributed by atoms with Crippen LogP contribution < -0.4 is 11.5 Å². The van der Waals surface area contributed by atoms with Crippen LogP contribution in [0, 0.1) is 0 Å². The zero-order chi connectivity index (χ0) is 8.97. The van der Waals surface area contributed by atoms with E-state index in [1.807, 2.05) is 0 Å². The minimum Gasteiger partial charge on any atom is -0.330 e. The maximum absolute atomic E-state index is 5.93. The van der Waals surface area contributed by atoms with Gasteiger partial charge in [0.05, 0.1) is 0 Å². The fourth-order valence-corrected chi connectivity index (χ4v) is 2.49. The van der Waals surface area contributed by atoms with Crippen molar-refractivity contribution >= 4 is 27.3 Å². The number of thiophene rings is 1. The van der Waals surface area contributed by atoms with Gasteiger partial charge in [-0.2, -0.15) is 0 Å². The number of hydrogen-bond donors (Lipinski definition) is 2. The van der Waals surface area contributed by atoms with Crippen molar-refractivity contribution < 1.29 is 0 Å². The Kier molecular flexibility index (Phi) is 4.21. The maximum Gasteiger partial charge on any atom is 0.0390 e. The van der Waals surface area contributed by atoms with Crippen molar-refractivity contribution in [2.45, 2.75) is 18.9 Å². The summed E-state index contributed by atoms with van der Waals surface area (Å²) in [6.45, 7) is 0.722. The second-order valence-corrected chi connectivity index (χ2v) is 4.56. The van der Waals surface area contributed by atoms with Crippen molar-refractivity contribution in [2.24, 2.45) is 11.5 Å². The van der Waals surface area contributed by atoms with Crippen LogP contribution in [0.25, 0.3) is 0 Å². The molecule has 2 nitrogen and oxygen atoms in total. The van der Waals surface area contributed by atoms with Gasteiger partial charge in [-0.1, -0.05) is 0 Å². The first kappa shape index (κ1) is 10.2. The third-order valence-electron chi connectivity index (χ3n) is 1.67. The van der Waals surface area contributed by atoms with Crippen molar-refractivity contribution in [3.63, 3.8) is 0 Å². The predicted octanol–water partition coefficient (Wildman–Crippen LogP) is 2.25. The van der Waals surface area contributed by atoms with E-state index in [1.165, 1.54) is 4.88 Å². The Morgan fingerprint density at radius 1 is 1.58 bits per heavy atom. The number of halogens is 1. The molecule has 0 bridgehead atoms. The number of nitrogens with two attached hydrogens (primary N) is 2. The Hall–Kier alpha value is 0.1000. The second kappa shape index (κ2) is 4.97. The Labute approximate surface area is 85.1 Å². The van der Waals surface area contributed by atoms with E-state index in [2.05, 4.69) is 27.4 Å². The van der Waals surface area contributed by atoms with Crippen LogP contribution in [0.1, 0.15) is 23.8 Å². The van der Waals surface area contributed by atoms with Gasteiger partial charge in [-0.25, -0.2) is 0 Å². The summed E-state index contributed by atoms with van der Waals surface area (Å²) in [5.74, 6) is 0. The highest BCUT2D eigenvalue weighted by Gasteiger charge is 2.07. The van der Waals surface area contributed by atoms with Gasteiger partial charge in [0, 0.05) is 20.8 Å². The smallest absolute Gasteiger partial charge is 0.0390 e. The van der Waals surface area contributed by atoms with Gasteiger partial charge < -0.3 is 11.5 Å². The van der Waals surface area contributed by atoms with Crippen LogP contribution in [0.4, 0.5) is 0 Å². The number of hydrogen-bond acceptors (Lipinski definition) is 3. The van der Waals surface area contributed by atoms with Gasteiger partial charge in [-0.05, 0) is 41.4 Å². The molecule has 0 fully saturated rings. The van der Waals surface area contributed by atoms with Gasteiger partial charge in [0.2, 0.25) is 0 Å². The quantitative estimate of drug-likeness (QED) is 0.859. The molecule has 68 valence electrons. The molecule has 1 rings (SSSR count). The molecule has 4 heteroatoms. The molecular formula is C8H13BrN2S. The molecule has 0 amide bonds. The maximum atomic E-state index is 5.93. The summed E-state index contributed by atoms with van der Waals surface area (Å²) in [7, 11) is 0. The summed E-state index contributed by atoms with van der Waals surface area (Å²) >= 11 is 5.09. The standard InChI is InChI=1S/C8H13BrN2S/c9-6-4-8(12-5-6)7(11)2-1-3-10/h4-5,7H,1-3,10-11H2/t7-/m0/s1. The SMILES string of the molecule is NCCC[C@H](N)c1cc(Br)cs1. The fourth-order valence-electron chi connectivity index (χ4n) is 1.00. The van der Waals surface area contributed by atoms with Crippen LogP contribution in [0.3, 0.4) is 0 Å². The lowest BCUT2D eigenvalue weighted by Gasteiger charge is -2.07. The highest BCUT2D eigenvalue weighted by Crippen LogP contribution is 2.26. The van der Waals surface area contributed by atoms with E-state index in [-0.39, 0.29) is 6.04 Å². The van der Waals surface area contributed by atoms with E-state index in [9.17, 15) is 0 Å². The van der Waals surface area contributed by atoms with Gasteiger partial charge in [-0.15, -0.1) is 11.3 Å². The summed E-state index contributed by atoms with van der Waals surface area (Å²) < 4.78 is 1.12. The summed E-state index contributed by atoms with van der Waals surface area (Å²) in [6.07, 6.45) is 1.97. The average Bonchev–Trinajstić information content (AvgIpc) is 2.47. The molecule has 1 heterocycles. The first-order valence-electron chi connectivity index (χ1n) is 3.93. The molecule has 1 aromatic heterocycles. The molecule has 1 aromatic rings. The van der Waals surface area contributed by atoms with Gasteiger partial charge in [0.15, 0.2) is 0 Å². The summed E-state index contributed by atoms with van der Waals surface area (Å²) in [5, 5.41) is 2.05. The Morgan fingerprint density at radius 2 is 2.33 bits per heavy atom. The van der Waals surface area contributed by atoms with E-state index in [1.54, 1.807) is 11.3 Å². The average molecular weight is 249 g/mol. The summed E-state index contributed by atoms with van der Waals surface area (Å²) in [5.41, 5.74) is 11.3. The van der Waals surface area contributed by atoms with Crippen LogP contribution in [-0.2, 0) is 0 Å². The molecule has 0 aliphatic carbocycles. The molecule has 0 saturated heterocycles. The topological polar surface area (TPSA) is 52.0 Å². The van der Waals surface area contributed by atoms with Crippen molar-refractivity contribution in [1.82, 2.24) is 0 Å². The molecule has 0 unspecified atom stereocenters. The summed E-state index contributed by atoms with van der Waals surface area (Å²) in [6, 6.07) is 2.23. The summed E-state index contributed by atoms with van der Waals surface area (Å²) in [4.78, 5) is 1.23. The van der Waals surface area contributed by atoms with Crippen molar-refractivity contribution in [3.05, 3.63) is 20.8 Å². The second-order valence-electron chi connectivity index (χ2n) is 2.70. The molecule has 0 spiro atoms. The zero-order valence-electron chi connectivity index (χ0n) is 6.79. The normalized spacial score (nSPS) is 13.2. The molecule has 0 aliphatic rings. The Morgan fingerprint density at radius 3 is 2.83 bits per heavy atom. The largest absolute Gasteiger partial charge is 0.330 e. The van der Waals surface area contributed by atoms with Crippen LogP contribution in [-0.4, -0.2) is 6.54 Å². The van der Waals surface area contributed by atoms with Crippen molar-refractivity contribution in [1.29, 1.82) is 0 Å². The molecule has 12 heavy (non-hydrogen) atoms. The van der Waals surface area contributed by atoms with Crippen LogP contribution in [0.2, 0.25) is 0 Å². The number of rotatable bonds is 4. The van der Waals surface area contributed by atoms with E-state index in [0.29, 0.717) is 0 Å². The minimum absolute atomic E-state index is 0.157. The third-order valence-corrected chi connectivity index (χ3v) is 3.50. The minimum atomic E-state index is 0.157. The van der Waals surface area contributed by atoms with Crippen LogP contribution >= 0.6 is 27.3 Å². The molecule has 0 aliphatic heterocycles. The first-order valence-corrected chi connectivity index (χ1v) is 5.61. The first-order chi connectivity index (χ1) is 5.74. The van der Waals surface area contributed by atoms with Crippen LogP contribution in [0.15, 0.2) is 15.9 Å². The van der Waals surface area contributed by atoms with Crippen molar-refractivity contribution in [3.8, 4) is 0 Å². The molecule has 0 aromatic carbocycles. The third kappa shape index (κ3) is 2.86. The monoisotopic (exact) mass is 248 g/mol. The van der Waals surface area contributed by atoms with E-state index in [0.717, 1.165) is 23.9 Å². The van der Waals surface area contributed by atoms with Gasteiger partial charge in [0.1, 0.15) is 0 Å². The lowest BCUT2D eigenvalue weighted by molar-refractivity contribution is 0.626. The lowest BCUT2D eigenvalue weighted by Crippen LogP contribution is -2.10. The lowest BCUT2D eigenvalue weighted by atomic mass is 10.1. The van der Waals surface area contributed by atoms with Gasteiger partial charge in [0.25, 0.3) is 0 Å². The van der Waals surface area contributed by atoms with E-state index in [4.69, 9.17) is 11.5 Å². The van der Waals surface area contributed by atoms with E-state index < -0.39 is 0 Å².